The summed E-state index contributed by atoms with van der Waals surface area (Å²) in [6.45, 7) is 2.08. The van der Waals surface area contributed by atoms with Gasteiger partial charge >= 0.3 is 0 Å². The largest absolute Gasteiger partial charge is 0.438 e. The number of pyridine rings is 1. The molecule has 0 unspecified atom stereocenters. The van der Waals surface area contributed by atoms with Gasteiger partial charge in [0.25, 0.3) is 11.5 Å². The quantitative estimate of drug-likeness (QED) is 0.207. The maximum absolute atomic E-state index is 13.4. The lowest BCUT2D eigenvalue weighted by Gasteiger charge is -2.15. The molecule has 36 heavy (non-hydrogen) atoms. The summed E-state index contributed by atoms with van der Waals surface area (Å²) in [5.74, 6) is 0.213. The third kappa shape index (κ3) is 4.77. The van der Waals surface area contributed by atoms with Gasteiger partial charge in [0.2, 0.25) is 5.88 Å². The molecule has 0 spiro atoms. The third-order valence-electron chi connectivity index (χ3n) is 5.51. The molecule has 1 aliphatic heterocycles. The molecule has 1 aliphatic rings. The van der Waals surface area contributed by atoms with Gasteiger partial charge in [0.15, 0.2) is 0 Å². The first-order chi connectivity index (χ1) is 17.3. The van der Waals surface area contributed by atoms with Gasteiger partial charge in [-0.3, -0.25) is 18.9 Å². The number of ether oxygens (including phenoxy) is 1. The molecule has 0 bridgehead atoms. The summed E-state index contributed by atoms with van der Waals surface area (Å²) in [6, 6.07) is 17.6. The van der Waals surface area contributed by atoms with Crippen LogP contribution in [0, 0.1) is 6.92 Å². The van der Waals surface area contributed by atoms with Crippen molar-refractivity contribution in [3.8, 4) is 11.6 Å². The van der Waals surface area contributed by atoms with E-state index in [1.165, 1.54) is 15.4 Å². The Bertz CT molecular complexity index is 1630. The fourth-order valence-corrected chi connectivity index (χ4v) is 5.19. The minimum atomic E-state index is -0.377. The van der Waals surface area contributed by atoms with Gasteiger partial charge in [0.05, 0.1) is 11.4 Å². The normalized spacial score (nSPS) is 14.8. The maximum Gasteiger partial charge on any atom is 0.269 e. The van der Waals surface area contributed by atoms with Crippen molar-refractivity contribution in [1.29, 1.82) is 0 Å². The zero-order valence-electron chi connectivity index (χ0n) is 18.8. The Kier molecular flexibility index (Phi) is 6.85. The molecular weight excluding hydrogens is 537 g/mol. The predicted octanol–water partition coefficient (Wildman–Crippen LogP) is 6.50. The number of fused-ring (bicyclic) bond motifs is 1. The SMILES string of the molecule is Cc1cc(Oc2nc3ccccn3c(=O)c2/C=C2/SC(=S)N(Cc3ccccc3Cl)C2=O)ccc1Cl. The van der Waals surface area contributed by atoms with E-state index < -0.39 is 0 Å². The molecule has 1 amide bonds. The van der Waals surface area contributed by atoms with Crippen molar-refractivity contribution in [1.82, 2.24) is 14.3 Å². The summed E-state index contributed by atoms with van der Waals surface area (Å²) in [6.07, 6.45) is 3.10. The fraction of sp³-hybridized carbons (Fsp3) is 0.0769. The summed E-state index contributed by atoms with van der Waals surface area (Å²) >= 11 is 19.0. The first-order valence-electron chi connectivity index (χ1n) is 10.8. The third-order valence-corrected chi connectivity index (χ3v) is 7.68. The van der Waals surface area contributed by atoms with E-state index in [9.17, 15) is 9.59 Å². The van der Waals surface area contributed by atoms with Crippen LogP contribution in [0.4, 0.5) is 0 Å². The number of thiocarbonyl (C=S) groups is 1. The molecule has 2 aromatic heterocycles. The van der Waals surface area contributed by atoms with E-state index in [1.54, 1.807) is 48.7 Å². The Balaban J connectivity index is 1.57. The van der Waals surface area contributed by atoms with Gasteiger partial charge in [-0.15, -0.1) is 0 Å². The summed E-state index contributed by atoms with van der Waals surface area (Å²) in [7, 11) is 0. The van der Waals surface area contributed by atoms with Gasteiger partial charge in [-0.2, -0.15) is 4.98 Å². The van der Waals surface area contributed by atoms with E-state index in [1.807, 2.05) is 25.1 Å². The average Bonchev–Trinajstić information content (AvgIpc) is 3.12. The first kappa shape index (κ1) is 24.5. The number of rotatable bonds is 5. The number of aryl methyl sites for hydroxylation is 1. The summed E-state index contributed by atoms with van der Waals surface area (Å²) in [5, 5.41) is 1.14. The highest BCUT2D eigenvalue weighted by molar-refractivity contribution is 8.26. The molecule has 0 radical (unpaired) electrons. The molecule has 5 rings (SSSR count). The highest BCUT2D eigenvalue weighted by atomic mass is 35.5. The molecule has 0 N–H and O–H groups in total. The molecule has 1 fully saturated rings. The number of carbonyl (C=O) groups is 1. The second-order valence-corrected chi connectivity index (χ2v) is 10.4. The van der Waals surface area contributed by atoms with Crippen molar-refractivity contribution in [2.24, 2.45) is 0 Å². The second-order valence-electron chi connectivity index (χ2n) is 7.94. The molecule has 0 saturated carbocycles. The molecule has 1 saturated heterocycles. The topological polar surface area (TPSA) is 63.9 Å². The number of carbonyl (C=O) groups excluding carboxylic acids is 1. The van der Waals surface area contributed by atoms with Crippen molar-refractivity contribution in [2.45, 2.75) is 13.5 Å². The van der Waals surface area contributed by atoms with Crippen LogP contribution in [0.15, 0.2) is 76.6 Å². The number of hydrogen-bond donors (Lipinski definition) is 0. The van der Waals surface area contributed by atoms with Gasteiger partial charge in [-0.05, 0) is 60.5 Å². The highest BCUT2D eigenvalue weighted by Crippen LogP contribution is 2.36. The summed E-state index contributed by atoms with van der Waals surface area (Å²) in [4.78, 5) is 33.0. The molecule has 6 nitrogen and oxygen atoms in total. The smallest absolute Gasteiger partial charge is 0.269 e. The van der Waals surface area contributed by atoms with E-state index in [0.717, 1.165) is 22.9 Å². The standard InChI is InChI=1S/C26H17Cl2N3O3S2/c1-15-12-17(9-10-19(15)27)34-23-18(24(32)30-11-5-4-8-22(30)29-23)13-21-25(33)31(26(35)36-21)14-16-6-2-3-7-20(16)28/h2-13H,14H2,1H3/b21-13+. The van der Waals surface area contributed by atoms with Crippen molar-refractivity contribution < 1.29 is 9.53 Å². The lowest BCUT2D eigenvalue weighted by atomic mass is 10.2. The van der Waals surface area contributed by atoms with Crippen molar-refractivity contribution in [2.75, 3.05) is 0 Å². The van der Waals surface area contributed by atoms with Crippen LogP contribution in [0.25, 0.3) is 11.7 Å². The molecule has 10 heteroatoms. The number of benzene rings is 2. The number of hydrogen-bond acceptors (Lipinski definition) is 6. The zero-order valence-corrected chi connectivity index (χ0v) is 21.9. The van der Waals surface area contributed by atoms with Crippen LogP contribution < -0.4 is 10.3 Å². The second kappa shape index (κ2) is 10.1. The van der Waals surface area contributed by atoms with E-state index in [4.69, 9.17) is 40.2 Å². The Morgan fingerprint density at radius 2 is 1.83 bits per heavy atom. The van der Waals surface area contributed by atoms with Crippen molar-refractivity contribution in [3.63, 3.8) is 0 Å². The Morgan fingerprint density at radius 3 is 2.61 bits per heavy atom. The minimum absolute atomic E-state index is 0.0734. The monoisotopic (exact) mass is 553 g/mol. The molecule has 4 aromatic rings. The van der Waals surface area contributed by atoms with Gasteiger partial charge < -0.3 is 4.74 Å². The molecule has 180 valence electrons. The van der Waals surface area contributed by atoms with Crippen LogP contribution in [0.2, 0.25) is 10.0 Å². The van der Waals surface area contributed by atoms with Gasteiger partial charge in [-0.25, -0.2) is 0 Å². The van der Waals surface area contributed by atoms with Gasteiger partial charge in [0, 0.05) is 16.2 Å². The van der Waals surface area contributed by atoms with Gasteiger partial charge in [-0.1, -0.05) is 71.4 Å². The fourth-order valence-electron chi connectivity index (χ4n) is 3.64. The number of aromatic nitrogens is 2. The number of halogens is 2. The van der Waals surface area contributed by atoms with Crippen LogP contribution in [-0.2, 0) is 11.3 Å². The lowest BCUT2D eigenvalue weighted by Crippen LogP contribution is -2.27. The summed E-state index contributed by atoms with van der Waals surface area (Å²) < 4.78 is 7.80. The molecule has 2 aromatic carbocycles. The number of nitrogens with zero attached hydrogens (tertiary/aromatic N) is 3. The molecular formula is C26H17Cl2N3O3S2. The van der Waals surface area contributed by atoms with Crippen LogP contribution in [0.3, 0.4) is 0 Å². The minimum Gasteiger partial charge on any atom is -0.438 e. The van der Waals surface area contributed by atoms with E-state index in [2.05, 4.69) is 4.98 Å². The van der Waals surface area contributed by atoms with Crippen molar-refractivity contribution in [3.05, 3.63) is 109 Å². The van der Waals surface area contributed by atoms with Gasteiger partial charge in [0.1, 0.15) is 21.3 Å². The van der Waals surface area contributed by atoms with Crippen LogP contribution in [0.5, 0.6) is 11.6 Å². The lowest BCUT2D eigenvalue weighted by molar-refractivity contribution is -0.122. The Morgan fingerprint density at radius 1 is 1.06 bits per heavy atom. The summed E-state index contributed by atoms with van der Waals surface area (Å²) in [5.41, 5.74) is 1.74. The number of thioether (sulfide) groups is 1. The first-order valence-corrected chi connectivity index (χ1v) is 12.7. The Hall–Kier alpha value is -3.17. The van der Waals surface area contributed by atoms with Crippen molar-refractivity contribution >= 4 is 69.1 Å². The van der Waals surface area contributed by atoms with Crippen LogP contribution in [-0.4, -0.2) is 24.5 Å². The molecule has 3 heterocycles. The van der Waals surface area contributed by atoms with Crippen LogP contribution >= 0.6 is 47.2 Å². The predicted molar refractivity (Wildman–Crippen MR) is 148 cm³/mol. The maximum atomic E-state index is 13.4. The highest BCUT2D eigenvalue weighted by Gasteiger charge is 2.33. The average molecular weight is 554 g/mol. The Labute approximate surface area is 226 Å². The molecule has 0 aliphatic carbocycles. The van der Waals surface area contributed by atoms with E-state index >= 15 is 0 Å². The van der Waals surface area contributed by atoms with Crippen LogP contribution in [0.1, 0.15) is 16.7 Å². The van der Waals surface area contributed by atoms with E-state index in [-0.39, 0.29) is 29.5 Å². The number of amides is 1. The van der Waals surface area contributed by atoms with E-state index in [0.29, 0.717) is 30.7 Å². The zero-order chi connectivity index (χ0) is 25.4. The molecule has 0 atom stereocenters.